The molecule has 2 amide bonds. The second-order valence-corrected chi connectivity index (χ2v) is 9.39. The number of amidine groups is 1. The first-order valence-electron chi connectivity index (χ1n) is 9.48. The molecule has 1 aromatic carbocycles. The van der Waals surface area contributed by atoms with Crippen molar-refractivity contribution < 1.29 is 27.2 Å². The molecule has 2 aliphatic heterocycles. The molecular formula is C19H23FN4O5S. The molecule has 2 heterocycles. The van der Waals surface area contributed by atoms with E-state index in [0.717, 1.165) is 10.6 Å². The van der Waals surface area contributed by atoms with Crippen LogP contribution >= 0.6 is 0 Å². The van der Waals surface area contributed by atoms with Crippen molar-refractivity contribution in [1.29, 1.82) is 0 Å². The van der Waals surface area contributed by atoms with Crippen molar-refractivity contribution in [3.05, 3.63) is 35.6 Å². The SMILES string of the molecule is CN(C1CCCCN2C(=O)C(=O)C(C(=O)NCc3ccc(F)cc3)N=C12)S(C)(=O)=O. The van der Waals surface area contributed by atoms with Crippen molar-refractivity contribution in [3.63, 3.8) is 0 Å². The number of fused-ring (bicyclic) bond motifs is 1. The second kappa shape index (κ2) is 8.60. The van der Waals surface area contributed by atoms with E-state index in [4.69, 9.17) is 0 Å². The molecule has 162 valence electrons. The van der Waals surface area contributed by atoms with Gasteiger partial charge in [0.2, 0.25) is 10.0 Å². The lowest BCUT2D eigenvalue weighted by atomic mass is 10.1. The van der Waals surface area contributed by atoms with Crippen molar-refractivity contribution in [2.75, 3.05) is 19.8 Å². The van der Waals surface area contributed by atoms with Gasteiger partial charge in [0, 0.05) is 20.1 Å². The first kappa shape index (κ1) is 22.0. The van der Waals surface area contributed by atoms with Crippen LogP contribution in [0, 0.1) is 5.82 Å². The highest BCUT2D eigenvalue weighted by Crippen LogP contribution is 2.23. The maximum Gasteiger partial charge on any atom is 0.298 e. The van der Waals surface area contributed by atoms with E-state index >= 15 is 0 Å². The molecule has 9 nitrogen and oxygen atoms in total. The number of benzene rings is 1. The molecule has 1 fully saturated rings. The minimum atomic E-state index is -3.59. The van der Waals surface area contributed by atoms with Crippen LogP contribution in [-0.2, 0) is 31.0 Å². The van der Waals surface area contributed by atoms with E-state index in [9.17, 15) is 27.2 Å². The van der Waals surface area contributed by atoms with E-state index in [1.165, 1.54) is 36.2 Å². The van der Waals surface area contributed by atoms with Gasteiger partial charge in [0.25, 0.3) is 17.6 Å². The molecule has 1 N–H and O–H groups in total. The van der Waals surface area contributed by atoms with Crippen LogP contribution in [0.1, 0.15) is 24.8 Å². The Morgan fingerprint density at radius 2 is 1.93 bits per heavy atom. The monoisotopic (exact) mass is 438 g/mol. The highest BCUT2D eigenvalue weighted by molar-refractivity contribution is 7.88. The fourth-order valence-corrected chi connectivity index (χ4v) is 4.14. The number of aliphatic imine (C=N–C) groups is 1. The summed E-state index contributed by atoms with van der Waals surface area (Å²) in [5, 5.41) is 2.53. The van der Waals surface area contributed by atoms with Crippen LogP contribution in [-0.4, -0.2) is 73.0 Å². The number of amides is 2. The van der Waals surface area contributed by atoms with Crippen LogP contribution in [0.25, 0.3) is 0 Å². The molecule has 2 aliphatic rings. The fraction of sp³-hybridized carbons (Fsp3) is 0.474. The predicted molar refractivity (Wildman–Crippen MR) is 106 cm³/mol. The second-order valence-electron chi connectivity index (χ2n) is 7.35. The Balaban J connectivity index is 1.87. The minimum Gasteiger partial charge on any atom is -0.350 e. The van der Waals surface area contributed by atoms with Crippen molar-refractivity contribution in [3.8, 4) is 0 Å². The van der Waals surface area contributed by atoms with Gasteiger partial charge in [0.1, 0.15) is 11.7 Å². The summed E-state index contributed by atoms with van der Waals surface area (Å²) in [6.07, 6.45) is 2.70. The van der Waals surface area contributed by atoms with Gasteiger partial charge in [0.05, 0.1) is 12.3 Å². The standard InChI is InChI=1S/C19H23FN4O5S/c1-23(30(2,28)29)14-5-3-4-10-24-17(14)22-15(16(25)19(24)27)18(26)21-11-12-6-8-13(20)9-7-12/h6-9,14-15H,3-5,10-11H2,1-2H3,(H,21,26). The van der Waals surface area contributed by atoms with Gasteiger partial charge < -0.3 is 5.32 Å². The van der Waals surface area contributed by atoms with Crippen molar-refractivity contribution in [2.24, 2.45) is 4.99 Å². The molecule has 2 atom stereocenters. The van der Waals surface area contributed by atoms with Crippen LogP contribution < -0.4 is 5.32 Å². The number of hydrogen-bond donors (Lipinski definition) is 1. The van der Waals surface area contributed by atoms with E-state index in [2.05, 4.69) is 10.3 Å². The number of rotatable bonds is 5. The molecule has 0 spiro atoms. The molecule has 1 saturated heterocycles. The Morgan fingerprint density at radius 3 is 2.57 bits per heavy atom. The summed E-state index contributed by atoms with van der Waals surface area (Å²) in [7, 11) is -2.20. The Morgan fingerprint density at radius 1 is 1.27 bits per heavy atom. The van der Waals surface area contributed by atoms with Gasteiger partial charge >= 0.3 is 0 Å². The molecule has 1 aromatic rings. The summed E-state index contributed by atoms with van der Waals surface area (Å²) in [6.45, 7) is 0.264. The van der Waals surface area contributed by atoms with Crippen LogP contribution in [0.15, 0.2) is 29.3 Å². The maximum absolute atomic E-state index is 13.0. The minimum absolute atomic E-state index is 0.0261. The van der Waals surface area contributed by atoms with E-state index in [0.29, 0.717) is 24.8 Å². The van der Waals surface area contributed by atoms with Crippen LogP contribution in [0.4, 0.5) is 4.39 Å². The first-order chi connectivity index (χ1) is 14.1. The van der Waals surface area contributed by atoms with Crippen LogP contribution in [0.5, 0.6) is 0 Å². The van der Waals surface area contributed by atoms with E-state index in [1.807, 2.05) is 0 Å². The molecule has 0 radical (unpaired) electrons. The van der Waals surface area contributed by atoms with Crippen LogP contribution in [0.2, 0.25) is 0 Å². The molecule has 11 heteroatoms. The number of nitrogens with one attached hydrogen (secondary N) is 1. The first-order valence-corrected chi connectivity index (χ1v) is 11.3. The lowest BCUT2D eigenvalue weighted by Gasteiger charge is -2.34. The molecule has 0 saturated carbocycles. The predicted octanol–water partition coefficient (Wildman–Crippen LogP) is 0.0642. The molecule has 0 aliphatic carbocycles. The average molecular weight is 438 g/mol. The van der Waals surface area contributed by atoms with Gasteiger partial charge in [-0.05, 0) is 37.0 Å². The number of ketones is 1. The number of halogens is 1. The third-order valence-corrected chi connectivity index (χ3v) is 6.54. The number of sulfonamides is 1. The van der Waals surface area contributed by atoms with Crippen molar-refractivity contribution >= 4 is 33.5 Å². The molecule has 0 bridgehead atoms. The van der Waals surface area contributed by atoms with Gasteiger partial charge in [-0.1, -0.05) is 12.1 Å². The zero-order valence-corrected chi connectivity index (χ0v) is 17.5. The van der Waals surface area contributed by atoms with Gasteiger partial charge in [-0.3, -0.25) is 19.3 Å². The Hall–Kier alpha value is -2.66. The highest BCUT2D eigenvalue weighted by atomic mass is 32.2. The number of carbonyl (C=O) groups is 3. The van der Waals surface area contributed by atoms with Crippen molar-refractivity contribution in [2.45, 2.75) is 37.9 Å². The zero-order chi connectivity index (χ0) is 22.1. The van der Waals surface area contributed by atoms with E-state index in [1.54, 1.807) is 0 Å². The Bertz CT molecular complexity index is 993. The summed E-state index contributed by atoms with van der Waals surface area (Å²) in [5.41, 5.74) is 0.609. The summed E-state index contributed by atoms with van der Waals surface area (Å²) in [4.78, 5) is 43.2. The summed E-state index contributed by atoms with van der Waals surface area (Å²) in [6, 6.07) is 3.13. The molecule has 2 unspecified atom stereocenters. The lowest BCUT2D eigenvalue weighted by molar-refractivity contribution is -0.146. The topological polar surface area (TPSA) is 116 Å². The number of likely N-dealkylation sites (N-methyl/N-ethyl adjacent to an activating group) is 1. The van der Waals surface area contributed by atoms with Crippen molar-refractivity contribution in [1.82, 2.24) is 14.5 Å². The number of carbonyl (C=O) groups excluding carboxylic acids is 3. The highest BCUT2D eigenvalue weighted by Gasteiger charge is 2.45. The normalized spacial score (nSPS) is 22.4. The average Bonchev–Trinajstić information content (AvgIpc) is 2.91. The fourth-order valence-electron chi connectivity index (χ4n) is 3.47. The lowest BCUT2D eigenvalue weighted by Crippen LogP contribution is -2.58. The summed E-state index contributed by atoms with van der Waals surface area (Å²) < 4.78 is 38.2. The van der Waals surface area contributed by atoms with Crippen LogP contribution in [0.3, 0.4) is 0 Å². The van der Waals surface area contributed by atoms with Gasteiger partial charge in [0.15, 0.2) is 6.04 Å². The van der Waals surface area contributed by atoms with Gasteiger partial charge in [-0.2, -0.15) is 4.31 Å². The Labute approximate surface area is 174 Å². The molecule has 0 aromatic heterocycles. The quantitative estimate of drug-likeness (QED) is 0.516. The number of nitrogens with zero attached hydrogens (tertiary/aromatic N) is 3. The third-order valence-electron chi connectivity index (χ3n) is 5.24. The Kier molecular flexibility index (Phi) is 6.32. The largest absolute Gasteiger partial charge is 0.350 e. The van der Waals surface area contributed by atoms with Gasteiger partial charge in [-0.15, -0.1) is 0 Å². The van der Waals surface area contributed by atoms with E-state index in [-0.39, 0.29) is 18.9 Å². The number of Topliss-reactive ketones (excluding diaryl/α,β-unsaturated/α-hetero) is 1. The zero-order valence-electron chi connectivity index (χ0n) is 16.7. The molecule has 3 rings (SSSR count). The maximum atomic E-state index is 13.0. The molecular weight excluding hydrogens is 415 g/mol. The molecule has 30 heavy (non-hydrogen) atoms. The summed E-state index contributed by atoms with van der Waals surface area (Å²) >= 11 is 0. The summed E-state index contributed by atoms with van der Waals surface area (Å²) in [5.74, 6) is -2.89. The number of hydrogen-bond acceptors (Lipinski definition) is 6. The van der Waals surface area contributed by atoms with E-state index < -0.39 is 45.5 Å². The van der Waals surface area contributed by atoms with Gasteiger partial charge in [-0.25, -0.2) is 17.8 Å². The smallest absolute Gasteiger partial charge is 0.298 e. The third kappa shape index (κ3) is 4.57.